The lowest BCUT2D eigenvalue weighted by molar-refractivity contribution is -0.120. The van der Waals surface area contributed by atoms with Crippen LogP contribution >= 0.6 is 11.6 Å². The van der Waals surface area contributed by atoms with Gasteiger partial charge in [0.15, 0.2) is 5.69 Å². The Labute approximate surface area is 163 Å². The van der Waals surface area contributed by atoms with E-state index >= 15 is 0 Å². The van der Waals surface area contributed by atoms with Crippen LogP contribution in [0, 0.1) is 5.92 Å². The molecule has 3 rings (SSSR count). The van der Waals surface area contributed by atoms with E-state index in [1.54, 1.807) is 31.3 Å². The summed E-state index contributed by atoms with van der Waals surface area (Å²) < 4.78 is 6.59. The van der Waals surface area contributed by atoms with Gasteiger partial charge in [0.05, 0.1) is 12.1 Å². The fraction of sp³-hybridized carbons (Fsp3) is 0.421. The first-order valence-electron chi connectivity index (χ1n) is 8.97. The molecule has 0 bridgehead atoms. The molecular formula is C19H23ClN4O3. The molecule has 1 aromatic heterocycles. The van der Waals surface area contributed by atoms with Gasteiger partial charge in [-0.25, -0.2) is 0 Å². The number of nitrogens with one attached hydrogen (secondary N) is 2. The highest BCUT2D eigenvalue weighted by Crippen LogP contribution is 2.28. The van der Waals surface area contributed by atoms with Crippen LogP contribution < -0.4 is 15.4 Å². The molecule has 0 saturated heterocycles. The first-order chi connectivity index (χ1) is 13.0. The number of ether oxygens (including phenoxy) is 1. The van der Waals surface area contributed by atoms with Crippen molar-refractivity contribution in [1.29, 1.82) is 0 Å². The molecule has 2 aromatic rings. The van der Waals surface area contributed by atoms with Crippen molar-refractivity contribution in [3.05, 3.63) is 35.0 Å². The van der Waals surface area contributed by atoms with E-state index in [-0.39, 0.29) is 23.4 Å². The number of rotatable bonds is 5. The maximum absolute atomic E-state index is 12.5. The number of methoxy groups -OCH3 is 1. The van der Waals surface area contributed by atoms with Gasteiger partial charge in [-0.2, -0.15) is 5.10 Å². The Hall–Kier alpha value is -2.54. The third kappa shape index (κ3) is 4.60. The fourth-order valence-corrected chi connectivity index (χ4v) is 3.49. The molecule has 0 aliphatic heterocycles. The zero-order valence-electron chi connectivity index (χ0n) is 15.4. The molecule has 1 aliphatic carbocycles. The molecule has 0 spiro atoms. The first kappa shape index (κ1) is 19.2. The molecule has 8 heteroatoms. The van der Waals surface area contributed by atoms with Crippen molar-refractivity contribution in [2.75, 3.05) is 17.7 Å². The maximum Gasteiger partial charge on any atom is 0.276 e. The van der Waals surface area contributed by atoms with Crippen LogP contribution in [0.2, 0.25) is 5.02 Å². The third-order valence-electron chi connectivity index (χ3n) is 4.75. The van der Waals surface area contributed by atoms with Crippen LogP contribution in [0.3, 0.4) is 0 Å². The SMILES string of the molecule is COc1ccc(NC(=O)c2cc(NC(=O)C3CCCCC3)n(C)n2)cc1Cl. The van der Waals surface area contributed by atoms with Crippen LogP contribution in [-0.4, -0.2) is 28.7 Å². The number of aryl methyl sites for hydroxylation is 1. The number of carbonyl (C=O) groups excluding carboxylic acids is 2. The number of hydrogen-bond donors (Lipinski definition) is 2. The van der Waals surface area contributed by atoms with Gasteiger partial charge >= 0.3 is 0 Å². The summed E-state index contributed by atoms with van der Waals surface area (Å²) in [5.41, 5.74) is 0.743. The van der Waals surface area contributed by atoms with Gasteiger partial charge in [-0.1, -0.05) is 30.9 Å². The van der Waals surface area contributed by atoms with Gasteiger partial charge in [-0.15, -0.1) is 0 Å². The highest BCUT2D eigenvalue weighted by molar-refractivity contribution is 6.32. The zero-order chi connectivity index (χ0) is 19.4. The number of carbonyl (C=O) groups is 2. The van der Waals surface area contributed by atoms with Gasteiger partial charge in [0.25, 0.3) is 5.91 Å². The summed E-state index contributed by atoms with van der Waals surface area (Å²) in [6.45, 7) is 0. The largest absolute Gasteiger partial charge is 0.495 e. The lowest BCUT2D eigenvalue weighted by Crippen LogP contribution is -2.25. The minimum absolute atomic E-state index is 0.00778. The van der Waals surface area contributed by atoms with Gasteiger partial charge < -0.3 is 15.4 Å². The topological polar surface area (TPSA) is 85.3 Å². The Balaban J connectivity index is 1.67. The first-order valence-corrected chi connectivity index (χ1v) is 9.35. The second-order valence-electron chi connectivity index (χ2n) is 6.67. The molecular weight excluding hydrogens is 368 g/mol. The van der Waals surface area contributed by atoms with Crippen LogP contribution in [0.1, 0.15) is 42.6 Å². The average molecular weight is 391 g/mol. The van der Waals surface area contributed by atoms with Crippen molar-refractivity contribution in [3.8, 4) is 5.75 Å². The molecule has 7 nitrogen and oxygen atoms in total. The Kier molecular flexibility index (Phi) is 6.01. The molecule has 2 N–H and O–H groups in total. The van der Waals surface area contributed by atoms with Crippen molar-refractivity contribution < 1.29 is 14.3 Å². The Bertz CT molecular complexity index is 843. The lowest BCUT2D eigenvalue weighted by Gasteiger charge is -2.20. The Morgan fingerprint density at radius 3 is 2.59 bits per heavy atom. The van der Waals surface area contributed by atoms with Crippen LogP contribution in [0.25, 0.3) is 0 Å². The molecule has 1 fully saturated rings. The van der Waals surface area contributed by atoms with Crippen LogP contribution in [-0.2, 0) is 11.8 Å². The van der Waals surface area contributed by atoms with Crippen LogP contribution in [0.15, 0.2) is 24.3 Å². The summed E-state index contributed by atoms with van der Waals surface area (Å²) >= 11 is 6.08. The van der Waals surface area contributed by atoms with Gasteiger partial charge in [-0.05, 0) is 31.0 Å². The maximum atomic E-state index is 12.5. The van der Waals surface area contributed by atoms with Crippen molar-refractivity contribution in [2.45, 2.75) is 32.1 Å². The minimum atomic E-state index is -0.384. The van der Waals surface area contributed by atoms with Gasteiger partial charge in [-0.3, -0.25) is 14.3 Å². The quantitative estimate of drug-likeness (QED) is 0.811. The Morgan fingerprint density at radius 1 is 1.19 bits per heavy atom. The average Bonchev–Trinajstić information content (AvgIpc) is 3.03. The number of aromatic nitrogens is 2. The van der Waals surface area contributed by atoms with E-state index in [4.69, 9.17) is 16.3 Å². The molecule has 27 heavy (non-hydrogen) atoms. The van der Waals surface area contributed by atoms with E-state index in [9.17, 15) is 9.59 Å². The number of hydrogen-bond acceptors (Lipinski definition) is 4. The predicted octanol–water partition coefficient (Wildman–Crippen LogP) is 3.85. The second-order valence-corrected chi connectivity index (χ2v) is 7.07. The van der Waals surface area contributed by atoms with Crippen molar-refractivity contribution in [1.82, 2.24) is 9.78 Å². The fourth-order valence-electron chi connectivity index (χ4n) is 3.23. The summed E-state index contributed by atoms with van der Waals surface area (Å²) in [5.74, 6) is 0.674. The van der Waals surface area contributed by atoms with Gasteiger partial charge in [0.1, 0.15) is 11.6 Å². The van der Waals surface area contributed by atoms with E-state index < -0.39 is 0 Å². The third-order valence-corrected chi connectivity index (χ3v) is 5.04. The number of anilines is 2. The molecule has 1 heterocycles. The van der Waals surface area contributed by atoms with Crippen molar-refractivity contribution in [2.24, 2.45) is 13.0 Å². The summed E-state index contributed by atoms with van der Waals surface area (Å²) in [6.07, 6.45) is 5.18. The monoisotopic (exact) mass is 390 g/mol. The summed E-state index contributed by atoms with van der Waals surface area (Å²) in [4.78, 5) is 24.9. The molecule has 2 amide bonds. The lowest BCUT2D eigenvalue weighted by atomic mass is 9.89. The van der Waals surface area contributed by atoms with E-state index in [0.29, 0.717) is 22.3 Å². The molecule has 1 aliphatic rings. The highest BCUT2D eigenvalue weighted by atomic mass is 35.5. The highest BCUT2D eigenvalue weighted by Gasteiger charge is 2.23. The summed E-state index contributed by atoms with van der Waals surface area (Å²) in [5, 5.41) is 10.2. The summed E-state index contributed by atoms with van der Waals surface area (Å²) in [7, 11) is 3.22. The standard InChI is InChI=1S/C19H23ClN4O3/c1-24-17(22-18(25)12-6-4-3-5-7-12)11-15(23-24)19(26)21-13-8-9-16(27-2)14(20)10-13/h8-12H,3-7H2,1-2H3,(H,21,26)(H,22,25). The van der Waals surface area contributed by atoms with E-state index in [1.807, 2.05) is 0 Å². The molecule has 0 unspecified atom stereocenters. The zero-order valence-corrected chi connectivity index (χ0v) is 16.2. The summed E-state index contributed by atoms with van der Waals surface area (Å²) in [6, 6.07) is 6.54. The smallest absolute Gasteiger partial charge is 0.276 e. The second kappa shape index (κ2) is 8.43. The van der Waals surface area contributed by atoms with Crippen molar-refractivity contribution >= 4 is 34.9 Å². The molecule has 0 atom stereocenters. The van der Waals surface area contributed by atoms with E-state index in [1.165, 1.54) is 18.2 Å². The molecule has 144 valence electrons. The molecule has 1 aromatic carbocycles. The van der Waals surface area contributed by atoms with Crippen molar-refractivity contribution in [3.63, 3.8) is 0 Å². The number of benzene rings is 1. The number of nitrogens with zero attached hydrogens (tertiary/aromatic N) is 2. The normalized spacial score (nSPS) is 14.6. The van der Waals surface area contributed by atoms with Crippen LogP contribution in [0.5, 0.6) is 5.75 Å². The molecule has 0 radical (unpaired) electrons. The predicted molar refractivity (Wildman–Crippen MR) is 104 cm³/mol. The van der Waals surface area contributed by atoms with E-state index in [2.05, 4.69) is 15.7 Å². The van der Waals surface area contributed by atoms with Crippen LogP contribution in [0.4, 0.5) is 11.5 Å². The minimum Gasteiger partial charge on any atom is -0.495 e. The number of halogens is 1. The Morgan fingerprint density at radius 2 is 1.93 bits per heavy atom. The van der Waals surface area contributed by atoms with Gasteiger partial charge in [0, 0.05) is 24.7 Å². The number of amides is 2. The van der Waals surface area contributed by atoms with E-state index in [0.717, 1.165) is 25.7 Å². The molecule has 1 saturated carbocycles. The van der Waals surface area contributed by atoms with Gasteiger partial charge in [0.2, 0.25) is 5.91 Å².